The summed E-state index contributed by atoms with van der Waals surface area (Å²) in [5.74, 6) is 0.439. The van der Waals surface area contributed by atoms with Gasteiger partial charge in [0.15, 0.2) is 5.17 Å². The minimum absolute atomic E-state index is 0.202. The van der Waals surface area contributed by atoms with Crippen LogP contribution < -0.4 is 10.1 Å². The third-order valence-corrected chi connectivity index (χ3v) is 5.18. The standard InChI is InChI=1S/C22H16N2O5S/c1-28-18-5-3-2-4-16(18)23-22-24-20(25)19(30-22)12-15-10-11-17(29-15)13-6-8-14(9-7-13)21(26)27/h2-12H,1H3,(H,26,27)(H,23,24,25)/b19-12-. The number of carboxylic acid groups (broad SMARTS) is 1. The second-order valence-corrected chi connectivity index (χ2v) is 7.27. The van der Waals surface area contributed by atoms with Crippen LogP contribution in [0.3, 0.4) is 0 Å². The van der Waals surface area contributed by atoms with Crippen molar-refractivity contribution < 1.29 is 23.8 Å². The molecule has 1 saturated heterocycles. The van der Waals surface area contributed by atoms with E-state index in [1.165, 1.54) is 23.9 Å². The van der Waals surface area contributed by atoms with Crippen LogP contribution in [0.15, 0.2) is 75.0 Å². The fraction of sp³-hybridized carbons (Fsp3) is 0.0455. The molecule has 0 unspecified atom stereocenters. The van der Waals surface area contributed by atoms with Crippen LogP contribution >= 0.6 is 11.8 Å². The van der Waals surface area contributed by atoms with Gasteiger partial charge in [-0.15, -0.1) is 0 Å². The second kappa shape index (κ2) is 8.30. The van der Waals surface area contributed by atoms with Crippen molar-refractivity contribution in [3.05, 3.63) is 76.9 Å². The number of rotatable bonds is 5. The number of aromatic carboxylic acids is 1. The lowest BCUT2D eigenvalue weighted by molar-refractivity contribution is -0.115. The summed E-state index contributed by atoms with van der Waals surface area (Å²) in [6, 6.07) is 17.2. The zero-order valence-electron chi connectivity index (χ0n) is 15.8. The molecule has 1 fully saturated rings. The highest BCUT2D eigenvalue weighted by molar-refractivity contribution is 8.18. The van der Waals surface area contributed by atoms with Gasteiger partial charge in [0.2, 0.25) is 0 Å². The number of methoxy groups -OCH3 is 1. The molecule has 3 aromatic rings. The largest absolute Gasteiger partial charge is 0.494 e. The van der Waals surface area contributed by atoms with E-state index >= 15 is 0 Å². The zero-order valence-corrected chi connectivity index (χ0v) is 16.6. The molecule has 0 saturated carbocycles. The van der Waals surface area contributed by atoms with Crippen molar-refractivity contribution in [1.29, 1.82) is 0 Å². The summed E-state index contributed by atoms with van der Waals surface area (Å²) < 4.78 is 11.1. The average Bonchev–Trinajstić information content (AvgIpc) is 3.35. The van der Waals surface area contributed by atoms with Crippen molar-refractivity contribution in [2.75, 3.05) is 7.11 Å². The SMILES string of the molecule is COc1ccccc1N=C1NC(=O)/C(=C/c2ccc(-c3ccc(C(=O)O)cc3)o2)S1. The maximum atomic E-state index is 12.3. The lowest BCUT2D eigenvalue weighted by atomic mass is 10.1. The Morgan fingerprint density at radius 2 is 1.90 bits per heavy atom. The van der Waals surface area contributed by atoms with Crippen LogP contribution in [0, 0.1) is 0 Å². The van der Waals surface area contributed by atoms with Gasteiger partial charge in [-0.2, -0.15) is 0 Å². The summed E-state index contributed by atoms with van der Waals surface area (Å²) in [7, 11) is 1.56. The Morgan fingerprint density at radius 3 is 2.63 bits per heavy atom. The third kappa shape index (κ3) is 4.13. The van der Waals surface area contributed by atoms with Gasteiger partial charge in [0.05, 0.1) is 17.6 Å². The molecule has 8 heteroatoms. The highest BCUT2D eigenvalue weighted by atomic mass is 32.2. The van der Waals surface area contributed by atoms with Gasteiger partial charge < -0.3 is 19.6 Å². The van der Waals surface area contributed by atoms with Gasteiger partial charge >= 0.3 is 5.97 Å². The second-order valence-electron chi connectivity index (χ2n) is 6.24. The molecule has 0 aliphatic carbocycles. The number of amidine groups is 1. The van der Waals surface area contributed by atoms with E-state index in [1.807, 2.05) is 12.1 Å². The van der Waals surface area contributed by atoms with Gasteiger partial charge in [-0.1, -0.05) is 24.3 Å². The number of furan rings is 1. The molecular formula is C22H16N2O5S. The molecule has 0 radical (unpaired) electrons. The zero-order chi connectivity index (χ0) is 21.1. The lowest BCUT2D eigenvalue weighted by Gasteiger charge is -2.03. The smallest absolute Gasteiger partial charge is 0.335 e. The summed E-state index contributed by atoms with van der Waals surface area (Å²) >= 11 is 1.21. The molecule has 1 aliphatic rings. The number of hydrogen-bond donors (Lipinski definition) is 2. The summed E-state index contributed by atoms with van der Waals surface area (Å²) in [5.41, 5.74) is 1.56. The minimum atomic E-state index is -0.985. The molecule has 0 bridgehead atoms. The number of hydrogen-bond acceptors (Lipinski definition) is 6. The van der Waals surface area contributed by atoms with Gasteiger partial charge in [-0.3, -0.25) is 4.79 Å². The number of ether oxygens (including phenoxy) is 1. The van der Waals surface area contributed by atoms with E-state index < -0.39 is 5.97 Å². The number of thioether (sulfide) groups is 1. The number of para-hydroxylation sites is 2. The topological polar surface area (TPSA) is 101 Å². The van der Waals surface area contributed by atoms with Gasteiger partial charge in [0.1, 0.15) is 23.0 Å². The van der Waals surface area contributed by atoms with Gasteiger partial charge in [0.25, 0.3) is 5.91 Å². The van der Waals surface area contributed by atoms with Crippen LogP contribution in [0.1, 0.15) is 16.1 Å². The van der Waals surface area contributed by atoms with Crippen LogP contribution in [0.5, 0.6) is 5.75 Å². The highest BCUT2D eigenvalue weighted by Gasteiger charge is 2.24. The van der Waals surface area contributed by atoms with Gasteiger partial charge in [-0.25, -0.2) is 9.79 Å². The predicted molar refractivity (Wildman–Crippen MR) is 115 cm³/mol. The first-order valence-corrected chi connectivity index (χ1v) is 9.71. The quantitative estimate of drug-likeness (QED) is 0.588. The summed E-state index contributed by atoms with van der Waals surface area (Å²) in [5, 5.41) is 12.2. The van der Waals surface area contributed by atoms with Crippen molar-refractivity contribution in [1.82, 2.24) is 5.32 Å². The number of carbonyl (C=O) groups is 2. The minimum Gasteiger partial charge on any atom is -0.494 e. The molecule has 2 heterocycles. The van der Waals surface area contributed by atoms with E-state index in [0.29, 0.717) is 33.0 Å². The predicted octanol–water partition coefficient (Wildman–Crippen LogP) is 4.55. The molecule has 1 aromatic heterocycles. The number of aliphatic imine (C=N–C) groups is 1. The molecule has 2 aromatic carbocycles. The Balaban J connectivity index is 1.53. The third-order valence-electron chi connectivity index (χ3n) is 4.27. The van der Waals surface area contributed by atoms with Crippen LogP contribution in [0.2, 0.25) is 0 Å². The Labute approximate surface area is 176 Å². The van der Waals surface area contributed by atoms with Crippen LogP contribution in [0.4, 0.5) is 5.69 Å². The van der Waals surface area contributed by atoms with Crippen LogP contribution in [-0.4, -0.2) is 29.3 Å². The van der Waals surface area contributed by atoms with Crippen molar-refractivity contribution in [3.63, 3.8) is 0 Å². The van der Waals surface area contributed by atoms with Crippen LogP contribution in [0.25, 0.3) is 17.4 Å². The molecule has 4 rings (SSSR count). The molecule has 1 amide bonds. The van der Waals surface area contributed by atoms with E-state index in [-0.39, 0.29) is 11.5 Å². The molecule has 150 valence electrons. The Hall–Kier alpha value is -3.78. The highest BCUT2D eigenvalue weighted by Crippen LogP contribution is 2.32. The number of carboxylic acids is 1. The molecule has 0 spiro atoms. The van der Waals surface area contributed by atoms with E-state index in [1.54, 1.807) is 49.6 Å². The van der Waals surface area contributed by atoms with Crippen molar-refractivity contribution in [2.24, 2.45) is 4.99 Å². The number of benzene rings is 2. The Bertz CT molecular complexity index is 1180. The maximum Gasteiger partial charge on any atom is 0.335 e. The molecule has 1 aliphatic heterocycles. The van der Waals surface area contributed by atoms with Crippen LogP contribution in [-0.2, 0) is 4.79 Å². The first kappa shape index (κ1) is 19.5. The first-order chi connectivity index (χ1) is 14.5. The number of nitrogens with one attached hydrogen (secondary N) is 1. The molecule has 0 atom stereocenters. The number of nitrogens with zero attached hydrogens (tertiary/aromatic N) is 1. The molecule has 7 nitrogen and oxygen atoms in total. The van der Waals surface area contributed by atoms with E-state index in [2.05, 4.69) is 10.3 Å². The first-order valence-electron chi connectivity index (χ1n) is 8.89. The summed E-state index contributed by atoms with van der Waals surface area (Å²) in [6.07, 6.45) is 1.64. The lowest BCUT2D eigenvalue weighted by Crippen LogP contribution is -2.19. The summed E-state index contributed by atoms with van der Waals surface area (Å²) in [4.78, 5) is 28.2. The molecule has 30 heavy (non-hydrogen) atoms. The van der Waals surface area contributed by atoms with Gasteiger partial charge in [0, 0.05) is 11.6 Å². The summed E-state index contributed by atoms with van der Waals surface area (Å²) in [6.45, 7) is 0. The average molecular weight is 420 g/mol. The van der Waals surface area contributed by atoms with E-state index in [4.69, 9.17) is 14.3 Å². The normalized spacial score (nSPS) is 16.1. The number of amides is 1. The van der Waals surface area contributed by atoms with Crippen molar-refractivity contribution >= 4 is 40.6 Å². The van der Waals surface area contributed by atoms with Crippen molar-refractivity contribution in [3.8, 4) is 17.1 Å². The monoisotopic (exact) mass is 420 g/mol. The molecule has 2 N–H and O–H groups in total. The molecular weight excluding hydrogens is 404 g/mol. The van der Waals surface area contributed by atoms with E-state index in [0.717, 1.165) is 5.56 Å². The Morgan fingerprint density at radius 1 is 1.13 bits per heavy atom. The van der Waals surface area contributed by atoms with E-state index in [9.17, 15) is 9.59 Å². The maximum absolute atomic E-state index is 12.3. The Kier molecular flexibility index (Phi) is 5.40. The van der Waals surface area contributed by atoms with Crippen molar-refractivity contribution in [2.45, 2.75) is 0 Å². The fourth-order valence-electron chi connectivity index (χ4n) is 2.80. The number of carbonyl (C=O) groups excluding carboxylic acids is 1. The fourth-order valence-corrected chi connectivity index (χ4v) is 3.62. The van der Waals surface area contributed by atoms with Gasteiger partial charge in [-0.05, 0) is 48.2 Å².